The summed E-state index contributed by atoms with van der Waals surface area (Å²) >= 11 is 0. The monoisotopic (exact) mass is 209 g/mol. The number of amides is 1. The van der Waals surface area contributed by atoms with Crippen LogP contribution in [0.5, 0.6) is 0 Å². The molecule has 0 saturated heterocycles. The summed E-state index contributed by atoms with van der Waals surface area (Å²) in [6.45, 7) is 3.74. The molecular formula is C11H15NO3. The van der Waals surface area contributed by atoms with Crippen molar-refractivity contribution in [1.29, 1.82) is 0 Å². The van der Waals surface area contributed by atoms with E-state index in [0.717, 1.165) is 11.3 Å². The standard InChI is InChI=1S/C11H15NO3/c1-8(13)6-11(14)12(3)7-10-4-5-15-9(10)2/h4-5H,6-7H2,1-3H3. The highest BCUT2D eigenvalue weighted by molar-refractivity contribution is 5.96. The fourth-order valence-electron chi connectivity index (χ4n) is 1.27. The van der Waals surface area contributed by atoms with E-state index in [1.165, 1.54) is 11.8 Å². The van der Waals surface area contributed by atoms with E-state index in [9.17, 15) is 9.59 Å². The first-order valence-corrected chi connectivity index (χ1v) is 4.77. The summed E-state index contributed by atoms with van der Waals surface area (Å²) in [5.41, 5.74) is 0.967. The van der Waals surface area contributed by atoms with Gasteiger partial charge in [0.25, 0.3) is 0 Å². The molecule has 0 aliphatic rings. The highest BCUT2D eigenvalue weighted by atomic mass is 16.3. The van der Waals surface area contributed by atoms with Gasteiger partial charge < -0.3 is 9.32 Å². The second kappa shape index (κ2) is 4.77. The minimum atomic E-state index is -0.164. The third kappa shape index (κ3) is 3.23. The van der Waals surface area contributed by atoms with Crippen molar-refractivity contribution in [2.75, 3.05) is 7.05 Å². The van der Waals surface area contributed by atoms with E-state index in [1.54, 1.807) is 13.3 Å². The van der Waals surface area contributed by atoms with Crippen LogP contribution in [0.25, 0.3) is 0 Å². The molecule has 0 aliphatic carbocycles. The van der Waals surface area contributed by atoms with Gasteiger partial charge in [-0.3, -0.25) is 9.59 Å². The second-order valence-electron chi connectivity index (χ2n) is 3.63. The molecule has 82 valence electrons. The van der Waals surface area contributed by atoms with Crippen LogP contribution in [0.2, 0.25) is 0 Å². The van der Waals surface area contributed by atoms with Gasteiger partial charge in [-0.15, -0.1) is 0 Å². The average molecular weight is 209 g/mol. The molecule has 1 rings (SSSR count). The molecule has 0 saturated carbocycles. The molecule has 1 heterocycles. The predicted molar refractivity (Wildman–Crippen MR) is 55.2 cm³/mol. The molecule has 0 radical (unpaired) electrons. The number of hydrogen-bond donors (Lipinski definition) is 0. The molecule has 0 spiro atoms. The number of carbonyl (C=O) groups excluding carboxylic acids is 2. The molecule has 15 heavy (non-hydrogen) atoms. The van der Waals surface area contributed by atoms with E-state index in [-0.39, 0.29) is 18.1 Å². The fraction of sp³-hybridized carbons (Fsp3) is 0.455. The van der Waals surface area contributed by atoms with Gasteiger partial charge in [0.15, 0.2) is 0 Å². The molecule has 0 atom stereocenters. The number of carbonyl (C=O) groups is 2. The van der Waals surface area contributed by atoms with Crippen molar-refractivity contribution in [1.82, 2.24) is 4.90 Å². The summed E-state index contributed by atoms with van der Waals surface area (Å²) in [7, 11) is 1.68. The van der Waals surface area contributed by atoms with Gasteiger partial charge in [-0.05, 0) is 19.9 Å². The Morgan fingerprint density at radius 1 is 1.47 bits per heavy atom. The van der Waals surface area contributed by atoms with Crippen LogP contribution in [-0.4, -0.2) is 23.6 Å². The van der Waals surface area contributed by atoms with Gasteiger partial charge >= 0.3 is 0 Å². The van der Waals surface area contributed by atoms with Crippen LogP contribution in [0.3, 0.4) is 0 Å². The quantitative estimate of drug-likeness (QED) is 0.706. The highest BCUT2D eigenvalue weighted by Gasteiger charge is 2.13. The number of hydrogen-bond acceptors (Lipinski definition) is 3. The molecule has 0 fully saturated rings. The van der Waals surface area contributed by atoms with Crippen LogP contribution in [0.1, 0.15) is 24.7 Å². The summed E-state index contributed by atoms with van der Waals surface area (Å²) in [6.07, 6.45) is 1.56. The first-order valence-electron chi connectivity index (χ1n) is 4.77. The molecular weight excluding hydrogens is 194 g/mol. The van der Waals surface area contributed by atoms with Gasteiger partial charge in [-0.1, -0.05) is 0 Å². The molecule has 0 aromatic carbocycles. The molecule has 4 heteroatoms. The molecule has 4 nitrogen and oxygen atoms in total. The van der Waals surface area contributed by atoms with Gasteiger partial charge in [-0.25, -0.2) is 0 Å². The van der Waals surface area contributed by atoms with Crippen LogP contribution in [-0.2, 0) is 16.1 Å². The van der Waals surface area contributed by atoms with E-state index in [1.807, 2.05) is 13.0 Å². The van der Waals surface area contributed by atoms with Crippen LogP contribution >= 0.6 is 0 Å². The van der Waals surface area contributed by atoms with E-state index in [0.29, 0.717) is 6.54 Å². The smallest absolute Gasteiger partial charge is 0.230 e. The lowest BCUT2D eigenvalue weighted by atomic mass is 10.2. The Hall–Kier alpha value is -1.58. The largest absolute Gasteiger partial charge is 0.469 e. The molecule has 1 amide bonds. The molecule has 1 aromatic heterocycles. The maximum absolute atomic E-state index is 11.5. The van der Waals surface area contributed by atoms with Crippen molar-refractivity contribution < 1.29 is 14.0 Å². The van der Waals surface area contributed by atoms with Crippen molar-refractivity contribution in [3.05, 3.63) is 23.7 Å². The van der Waals surface area contributed by atoms with Crippen molar-refractivity contribution in [2.45, 2.75) is 26.8 Å². The van der Waals surface area contributed by atoms with E-state index in [4.69, 9.17) is 4.42 Å². The number of ketones is 1. The summed E-state index contributed by atoms with van der Waals surface area (Å²) < 4.78 is 5.12. The summed E-state index contributed by atoms with van der Waals surface area (Å²) in [5.74, 6) is 0.524. The van der Waals surface area contributed by atoms with Crippen LogP contribution < -0.4 is 0 Å². The highest BCUT2D eigenvalue weighted by Crippen LogP contribution is 2.11. The van der Waals surface area contributed by atoms with Crippen molar-refractivity contribution >= 4 is 11.7 Å². The van der Waals surface area contributed by atoms with Gasteiger partial charge in [0, 0.05) is 19.2 Å². The Balaban J connectivity index is 2.56. The van der Waals surface area contributed by atoms with E-state index >= 15 is 0 Å². The van der Waals surface area contributed by atoms with Gasteiger partial charge in [0.2, 0.25) is 5.91 Å². The fourth-order valence-corrected chi connectivity index (χ4v) is 1.27. The predicted octanol–water partition coefficient (Wildman–Crippen LogP) is 1.53. The third-order valence-electron chi connectivity index (χ3n) is 2.20. The Labute approximate surface area is 88.9 Å². The molecule has 0 unspecified atom stereocenters. The Kier molecular flexibility index (Phi) is 3.66. The van der Waals surface area contributed by atoms with Crippen LogP contribution in [0, 0.1) is 6.92 Å². The van der Waals surface area contributed by atoms with Gasteiger partial charge in [0.1, 0.15) is 11.5 Å². The number of furan rings is 1. The summed E-state index contributed by atoms with van der Waals surface area (Å²) in [6, 6.07) is 1.83. The zero-order valence-corrected chi connectivity index (χ0v) is 9.24. The lowest BCUT2D eigenvalue weighted by molar-refractivity contribution is -0.134. The van der Waals surface area contributed by atoms with Crippen LogP contribution in [0.4, 0.5) is 0 Å². The van der Waals surface area contributed by atoms with Crippen molar-refractivity contribution in [3.63, 3.8) is 0 Å². The Morgan fingerprint density at radius 2 is 2.13 bits per heavy atom. The zero-order valence-electron chi connectivity index (χ0n) is 9.24. The molecule has 0 N–H and O–H groups in total. The first kappa shape index (κ1) is 11.5. The number of Topliss-reactive ketones (excluding diaryl/α,β-unsaturated/α-hetero) is 1. The number of aryl methyl sites for hydroxylation is 1. The summed E-state index contributed by atoms with van der Waals surface area (Å²) in [4.78, 5) is 23.8. The lowest BCUT2D eigenvalue weighted by Crippen LogP contribution is -2.27. The minimum absolute atomic E-state index is 0.0343. The lowest BCUT2D eigenvalue weighted by Gasteiger charge is -2.15. The SMILES string of the molecule is CC(=O)CC(=O)N(C)Cc1ccoc1C. The molecule has 0 bridgehead atoms. The third-order valence-corrected chi connectivity index (χ3v) is 2.20. The van der Waals surface area contributed by atoms with E-state index < -0.39 is 0 Å². The Bertz CT molecular complexity index is 368. The average Bonchev–Trinajstić information content (AvgIpc) is 2.50. The van der Waals surface area contributed by atoms with E-state index in [2.05, 4.69) is 0 Å². The minimum Gasteiger partial charge on any atom is -0.469 e. The number of nitrogens with zero attached hydrogens (tertiary/aromatic N) is 1. The van der Waals surface area contributed by atoms with Crippen molar-refractivity contribution in [3.8, 4) is 0 Å². The molecule has 0 aliphatic heterocycles. The maximum atomic E-state index is 11.5. The van der Waals surface area contributed by atoms with Gasteiger partial charge in [-0.2, -0.15) is 0 Å². The Morgan fingerprint density at radius 3 is 2.60 bits per heavy atom. The second-order valence-corrected chi connectivity index (χ2v) is 3.63. The maximum Gasteiger partial charge on any atom is 0.230 e. The topological polar surface area (TPSA) is 50.5 Å². The van der Waals surface area contributed by atoms with Crippen LogP contribution in [0.15, 0.2) is 16.7 Å². The summed E-state index contributed by atoms with van der Waals surface area (Å²) in [5, 5.41) is 0. The molecule has 1 aromatic rings. The normalized spacial score (nSPS) is 10.1. The zero-order chi connectivity index (χ0) is 11.4. The number of rotatable bonds is 4. The van der Waals surface area contributed by atoms with Crippen molar-refractivity contribution in [2.24, 2.45) is 0 Å². The first-order chi connectivity index (χ1) is 7.00. The van der Waals surface area contributed by atoms with Gasteiger partial charge in [0.05, 0.1) is 12.7 Å².